The molecule has 0 aliphatic heterocycles. The number of aryl methyl sites for hydroxylation is 1. The number of aliphatic imine (C=N–C) groups is 1. The molecular weight excluding hydrogens is 338 g/mol. The molecule has 2 aromatic rings. The van der Waals surface area contributed by atoms with Crippen LogP contribution in [0.3, 0.4) is 0 Å². The van der Waals surface area contributed by atoms with E-state index in [2.05, 4.69) is 49.3 Å². The number of nitrogens with zero attached hydrogens (tertiary/aromatic N) is 4. The Morgan fingerprint density at radius 1 is 1.30 bits per heavy atom. The lowest BCUT2D eigenvalue weighted by Crippen LogP contribution is -2.38. The highest BCUT2D eigenvalue weighted by Gasteiger charge is 2.15. The first kappa shape index (κ1) is 20.8. The van der Waals surface area contributed by atoms with Gasteiger partial charge in [-0.25, -0.2) is 0 Å². The lowest BCUT2D eigenvalue weighted by Gasteiger charge is -2.22. The van der Waals surface area contributed by atoms with Crippen LogP contribution in [0.25, 0.3) is 0 Å². The maximum Gasteiger partial charge on any atom is 0.193 e. The molecule has 0 amide bonds. The topological polar surface area (TPSA) is 54.7 Å². The summed E-state index contributed by atoms with van der Waals surface area (Å²) in [6.45, 7) is 9.46. The van der Waals surface area contributed by atoms with Crippen molar-refractivity contribution in [1.29, 1.82) is 0 Å². The molecule has 1 heterocycles. The monoisotopic (exact) mass is 371 g/mol. The Labute approximate surface area is 163 Å². The Hall–Kier alpha value is -2.50. The Bertz CT molecular complexity index is 709. The van der Waals surface area contributed by atoms with E-state index in [0.717, 1.165) is 43.5 Å². The van der Waals surface area contributed by atoms with Crippen molar-refractivity contribution >= 4 is 5.96 Å². The van der Waals surface area contributed by atoms with Crippen molar-refractivity contribution in [2.24, 2.45) is 12.0 Å². The molecule has 0 radical (unpaired) electrons. The number of hydrogen-bond donors (Lipinski definition) is 1. The zero-order valence-corrected chi connectivity index (χ0v) is 17.3. The Morgan fingerprint density at radius 2 is 2.04 bits per heavy atom. The fourth-order valence-corrected chi connectivity index (χ4v) is 2.92. The first-order valence-corrected chi connectivity index (χ1v) is 9.71. The van der Waals surface area contributed by atoms with Gasteiger partial charge in [0.05, 0.1) is 12.3 Å². The van der Waals surface area contributed by atoms with Crippen LogP contribution in [0.15, 0.2) is 41.5 Å². The van der Waals surface area contributed by atoms with Crippen molar-refractivity contribution in [3.63, 3.8) is 0 Å². The van der Waals surface area contributed by atoms with E-state index in [1.54, 1.807) is 0 Å². The van der Waals surface area contributed by atoms with Gasteiger partial charge < -0.3 is 15.0 Å². The summed E-state index contributed by atoms with van der Waals surface area (Å²) in [6, 6.07) is 9.90. The number of rotatable bonds is 9. The molecule has 2 rings (SSSR count). The average Bonchev–Trinajstić information content (AvgIpc) is 3.02. The Kier molecular flexibility index (Phi) is 8.17. The highest BCUT2D eigenvalue weighted by Crippen LogP contribution is 2.18. The van der Waals surface area contributed by atoms with E-state index in [0.29, 0.717) is 12.5 Å². The highest BCUT2D eigenvalue weighted by atomic mass is 16.5. The van der Waals surface area contributed by atoms with Gasteiger partial charge in [-0.1, -0.05) is 32.0 Å². The predicted octanol–water partition coefficient (Wildman–Crippen LogP) is 3.41. The first-order valence-electron chi connectivity index (χ1n) is 9.71. The summed E-state index contributed by atoms with van der Waals surface area (Å²) in [4.78, 5) is 6.90. The minimum atomic E-state index is 0.407. The van der Waals surface area contributed by atoms with Crippen molar-refractivity contribution in [3.05, 3.63) is 47.8 Å². The van der Waals surface area contributed by atoms with Crippen molar-refractivity contribution in [2.45, 2.75) is 39.7 Å². The summed E-state index contributed by atoms with van der Waals surface area (Å²) in [5.41, 5.74) is 2.39. The van der Waals surface area contributed by atoms with Gasteiger partial charge in [0, 0.05) is 51.9 Å². The van der Waals surface area contributed by atoms with Gasteiger partial charge in [0.25, 0.3) is 0 Å². The summed E-state index contributed by atoms with van der Waals surface area (Å²) >= 11 is 0. The van der Waals surface area contributed by atoms with Crippen molar-refractivity contribution < 1.29 is 4.74 Å². The van der Waals surface area contributed by atoms with Gasteiger partial charge in [0.2, 0.25) is 0 Å². The number of guanidine groups is 1. The third-order valence-electron chi connectivity index (χ3n) is 4.16. The van der Waals surface area contributed by atoms with Gasteiger partial charge in [0.15, 0.2) is 5.96 Å². The van der Waals surface area contributed by atoms with Gasteiger partial charge in [0.1, 0.15) is 5.75 Å². The molecule has 0 unspecified atom stereocenters. The van der Waals surface area contributed by atoms with Crippen LogP contribution in [0.2, 0.25) is 0 Å². The van der Waals surface area contributed by atoms with Gasteiger partial charge in [-0.15, -0.1) is 0 Å². The van der Waals surface area contributed by atoms with E-state index in [4.69, 9.17) is 9.73 Å². The van der Waals surface area contributed by atoms with Gasteiger partial charge in [-0.2, -0.15) is 5.10 Å². The molecule has 0 bridgehead atoms. The summed E-state index contributed by atoms with van der Waals surface area (Å²) in [5, 5.41) is 7.97. The predicted molar refractivity (Wildman–Crippen MR) is 111 cm³/mol. The first-order chi connectivity index (χ1) is 13.0. The van der Waals surface area contributed by atoms with Gasteiger partial charge in [-0.3, -0.25) is 9.67 Å². The van der Waals surface area contributed by atoms with E-state index in [1.165, 1.54) is 5.56 Å². The minimum Gasteiger partial charge on any atom is -0.494 e. The van der Waals surface area contributed by atoms with E-state index in [1.807, 2.05) is 42.1 Å². The normalized spacial score (nSPS) is 11.7. The largest absolute Gasteiger partial charge is 0.494 e. The van der Waals surface area contributed by atoms with Crippen LogP contribution in [0.1, 0.15) is 44.4 Å². The molecule has 0 fully saturated rings. The molecule has 0 saturated heterocycles. The number of benzene rings is 1. The molecule has 0 saturated carbocycles. The quantitative estimate of drug-likeness (QED) is 0.417. The van der Waals surface area contributed by atoms with Crippen LogP contribution in [0.4, 0.5) is 0 Å². The lowest BCUT2D eigenvalue weighted by molar-refractivity contribution is 0.313. The van der Waals surface area contributed by atoms with Crippen LogP contribution >= 0.6 is 0 Å². The Balaban J connectivity index is 1.89. The van der Waals surface area contributed by atoms with E-state index < -0.39 is 0 Å². The molecule has 6 heteroatoms. The second-order valence-corrected chi connectivity index (χ2v) is 6.97. The summed E-state index contributed by atoms with van der Waals surface area (Å²) in [6.07, 6.45) is 2.98. The number of aromatic nitrogens is 2. The van der Waals surface area contributed by atoms with E-state index >= 15 is 0 Å². The van der Waals surface area contributed by atoms with E-state index in [-0.39, 0.29) is 0 Å². The van der Waals surface area contributed by atoms with E-state index in [9.17, 15) is 0 Å². The van der Waals surface area contributed by atoms with Crippen LogP contribution in [0, 0.1) is 0 Å². The number of hydrogen-bond acceptors (Lipinski definition) is 3. The average molecular weight is 372 g/mol. The molecule has 6 nitrogen and oxygen atoms in total. The Morgan fingerprint density at radius 3 is 2.70 bits per heavy atom. The maximum atomic E-state index is 5.73. The van der Waals surface area contributed by atoms with Gasteiger partial charge >= 0.3 is 0 Å². The fourth-order valence-electron chi connectivity index (χ4n) is 2.92. The zero-order valence-electron chi connectivity index (χ0n) is 17.3. The number of nitrogens with one attached hydrogen (secondary N) is 1. The van der Waals surface area contributed by atoms with Crippen molar-refractivity contribution in [1.82, 2.24) is 20.0 Å². The molecule has 148 valence electrons. The van der Waals surface area contributed by atoms with Crippen molar-refractivity contribution in [3.8, 4) is 5.75 Å². The second kappa shape index (κ2) is 10.6. The lowest BCUT2D eigenvalue weighted by atomic mass is 10.1. The van der Waals surface area contributed by atoms with Crippen molar-refractivity contribution in [2.75, 3.05) is 26.7 Å². The fraction of sp³-hybridized carbons (Fsp3) is 0.524. The maximum absolute atomic E-state index is 5.73. The zero-order chi connectivity index (χ0) is 19.6. The molecule has 0 aliphatic carbocycles. The third-order valence-corrected chi connectivity index (χ3v) is 4.16. The summed E-state index contributed by atoms with van der Waals surface area (Å²) < 4.78 is 7.63. The standard InChI is InChI=1S/C21H33N5O/c1-6-22-21(23-13-10-14-27-19-11-8-7-9-12-19)25(4)15-18-16-26(5)24-20(18)17(2)3/h7-9,11-12,16-17H,6,10,13-15H2,1-5H3,(H,22,23). The summed E-state index contributed by atoms with van der Waals surface area (Å²) in [7, 11) is 4.04. The molecular formula is C21H33N5O. The molecule has 1 aromatic carbocycles. The van der Waals surface area contributed by atoms with Gasteiger partial charge in [-0.05, 0) is 25.0 Å². The summed E-state index contributed by atoms with van der Waals surface area (Å²) in [5.74, 6) is 2.23. The smallest absolute Gasteiger partial charge is 0.193 e. The third kappa shape index (κ3) is 6.62. The molecule has 1 aromatic heterocycles. The minimum absolute atomic E-state index is 0.407. The molecule has 1 N–H and O–H groups in total. The van der Waals surface area contributed by atoms with Crippen LogP contribution < -0.4 is 10.1 Å². The van der Waals surface area contributed by atoms with Crippen LogP contribution in [0.5, 0.6) is 5.75 Å². The molecule has 27 heavy (non-hydrogen) atoms. The molecule has 0 aliphatic rings. The second-order valence-electron chi connectivity index (χ2n) is 6.97. The number of para-hydroxylation sites is 1. The molecule has 0 spiro atoms. The highest BCUT2D eigenvalue weighted by molar-refractivity contribution is 5.79. The molecule has 0 atom stereocenters. The SMILES string of the molecule is CCNC(=NCCCOc1ccccc1)N(C)Cc1cn(C)nc1C(C)C. The van der Waals surface area contributed by atoms with Crippen LogP contribution in [-0.2, 0) is 13.6 Å². The number of ether oxygens (including phenoxy) is 1. The van der Waals surface area contributed by atoms with Crippen LogP contribution in [-0.4, -0.2) is 47.4 Å².